The van der Waals surface area contributed by atoms with Crippen molar-refractivity contribution in [3.05, 3.63) is 110 Å². The van der Waals surface area contributed by atoms with Crippen LogP contribution >= 0.6 is 0 Å². The summed E-state index contributed by atoms with van der Waals surface area (Å²) in [7, 11) is 0. The van der Waals surface area contributed by atoms with Crippen LogP contribution in [0.4, 0.5) is 4.39 Å². The first-order valence-corrected chi connectivity index (χ1v) is 26.4. The van der Waals surface area contributed by atoms with Gasteiger partial charge in [-0.25, -0.2) is 14.2 Å². The van der Waals surface area contributed by atoms with E-state index in [4.69, 9.17) is 19.6 Å². The Bertz CT molecular complexity index is 3360. The molecule has 3 aliphatic heterocycles. The van der Waals surface area contributed by atoms with E-state index in [0.717, 1.165) is 30.6 Å². The van der Waals surface area contributed by atoms with Crippen molar-refractivity contribution in [3.63, 3.8) is 0 Å². The van der Waals surface area contributed by atoms with Gasteiger partial charge in [0.25, 0.3) is 17.4 Å². The number of fused-ring (bicyclic) bond motifs is 5. The molecule has 426 valence electrons. The van der Waals surface area contributed by atoms with Gasteiger partial charge >= 0.3 is 11.9 Å². The summed E-state index contributed by atoms with van der Waals surface area (Å²) in [6.07, 6.45) is 3.53. The smallest absolute Gasteiger partial charge is 0.343 e. The summed E-state index contributed by atoms with van der Waals surface area (Å²) in [5.41, 5.74) is 1.73. The van der Waals surface area contributed by atoms with Crippen molar-refractivity contribution in [1.29, 1.82) is 0 Å². The van der Waals surface area contributed by atoms with Crippen molar-refractivity contribution in [2.24, 2.45) is 5.92 Å². The molecule has 1 fully saturated rings. The lowest BCUT2D eigenvalue weighted by atomic mass is 9.81. The van der Waals surface area contributed by atoms with Crippen LogP contribution in [0, 0.1) is 18.7 Å². The molecule has 4 aromatic rings. The number of aryl methyl sites for hydroxylation is 1. The molecule has 0 unspecified atom stereocenters. The molecule has 9 N–H and O–H groups in total. The Hall–Kier alpha value is -8.75. The molecule has 0 spiro atoms. The Labute approximate surface area is 460 Å². The highest BCUT2D eigenvalue weighted by molar-refractivity contribution is 6.15. The number of benzene rings is 2. The van der Waals surface area contributed by atoms with Gasteiger partial charge in [0.2, 0.25) is 35.4 Å². The standard InChI is InChI=1S/C55H59FN10O15/c1-3-55(79)33-17-38-49-31(24-65(38)53(77)32(33)25-80-54(55)78)48-35(12-11-30-27(2)34(56)18-36(63-49)47(30)48)64-52(76)40(16-29-9-10-29)81-26-61-42(68)21-59-50(74)37(15-28-7-5-4-6-8-28)62-43(69)22-58-41(67)20-60-51(75)39(19-57-23-46(72)73)66-44(70)13-14-45(66)71/h4-8,13-14,17-18,29,35,37,39-40,57,79H,3,9-12,15-16,19-26H2,1-2H3,(H,58,67)(H,59,74)(H,60,75)(H,61,68)(H,62,69)(H,64,76)(H,72,73)/t35-,37+,39+,40+,55+/m1/s1. The number of nitrogens with zero attached hydrogens (tertiary/aromatic N) is 3. The van der Waals surface area contributed by atoms with Crippen LogP contribution in [0.5, 0.6) is 0 Å². The minimum absolute atomic E-state index is 0.0314. The molecule has 0 radical (unpaired) electrons. The number of carboxylic acids is 1. The van der Waals surface area contributed by atoms with Crippen LogP contribution < -0.4 is 42.8 Å². The van der Waals surface area contributed by atoms with Crippen LogP contribution in [0.25, 0.3) is 22.3 Å². The summed E-state index contributed by atoms with van der Waals surface area (Å²) in [5.74, 6) is -8.68. The zero-order valence-corrected chi connectivity index (χ0v) is 44.1. The molecular weight excluding hydrogens is 1060 g/mol. The first kappa shape index (κ1) is 57.0. The zero-order chi connectivity index (χ0) is 57.9. The lowest BCUT2D eigenvalue weighted by molar-refractivity contribution is -0.172. The van der Waals surface area contributed by atoms with Gasteiger partial charge in [0.1, 0.15) is 37.3 Å². The maximum Gasteiger partial charge on any atom is 0.343 e. The fourth-order valence-electron chi connectivity index (χ4n) is 10.6. The molecule has 8 amide bonds. The van der Waals surface area contributed by atoms with Crippen molar-refractivity contribution in [2.45, 2.75) is 102 Å². The Morgan fingerprint density at radius 3 is 2.23 bits per heavy atom. The number of esters is 1. The maximum atomic E-state index is 15.5. The zero-order valence-electron chi connectivity index (χ0n) is 44.1. The first-order chi connectivity index (χ1) is 38.8. The number of rotatable bonds is 24. The van der Waals surface area contributed by atoms with E-state index in [-0.39, 0.29) is 43.0 Å². The van der Waals surface area contributed by atoms with Crippen LogP contribution in [-0.4, -0.2) is 142 Å². The largest absolute Gasteiger partial charge is 0.480 e. The molecule has 2 aromatic carbocycles. The average molecular weight is 1120 g/mol. The van der Waals surface area contributed by atoms with Crippen LogP contribution in [0.3, 0.4) is 0 Å². The van der Waals surface area contributed by atoms with E-state index in [0.29, 0.717) is 68.7 Å². The van der Waals surface area contributed by atoms with Crippen molar-refractivity contribution in [3.8, 4) is 11.4 Å². The number of ether oxygens (including phenoxy) is 2. The Morgan fingerprint density at radius 2 is 1.54 bits per heavy atom. The number of carboxylic acid groups (broad SMARTS) is 1. The number of aliphatic carboxylic acids is 1. The predicted molar refractivity (Wildman–Crippen MR) is 280 cm³/mol. The van der Waals surface area contributed by atoms with Gasteiger partial charge in [-0.05, 0) is 66.8 Å². The number of nitrogens with one attached hydrogen (secondary N) is 7. The molecule has 1 saturated carbocycles. The fraction of sp³-hybridized carbons (Fsp3) is 0.418. The van der Waals surface area contributed by atoms with Crippen molar-refractivity contribution < 1.29 is 72.0 Å². The molecule has 25 nitrogen and oxygen atoms in total. The number of hydrogen-bond acceptors (Lipinski definition) is 16. The number of carbonyl (C=O) groups is 10. The van der Waals surface area contributed by atoms with Gasteiger partial charge in [-0.1, -0.05) is 50.1 Å². The summed E-state index contributed by atoms with van der Waals surface area (Å²) in [4.78, 5) is 148. The van der Waals surface area contributed by atoms with Crippen molar-refractivity contribution in [1.82, 2.24) is 51.7 Å². The fourth-order valence-corrected chi connectivity index (χ4v) is 10.6. The lowest BCUT2D eigenvalue weighted by Gasteiger charge is -2.31. The maximum absolute atomic E-state index is 15.5. The monoisotopic (exact) mass is 1120 g/mol. The molecular formula is C55H59FN10O15. The van der Waals surface area contributed by atoms with E-state index in [1.807, 2.05) is 0 Å². The van der Waals surface area contributed by atoms with E-state index in [9.17, 15) is 57.8 Å². The highest BCUT2D eigenvalue weighted by atomic mass is 19.1. The molecule has 0 bridgehead atoms. The second-order valence-corrected chi connectivity index (χ2v) is 20.4. The molecule has 2 aliphatic carbocycles. The minimum atomic E-state index is -2.07. The molecule has 5 atom stereocenters. The second-order valence-electron chi connectivity index (χ2n) is 20.4. The summed E-state index contributed by atoms with van der Waals surface area (Å²) in [5, 5.41) is 38.8. The molecule has 9 rings (SSSR count). The van der Waals surface area contributed by atoms with Gasteiger partial charge < -0.3 is 61.5 Å². The highest BCUT2D eigenvalue weighted by Gasteiger charge is 2.46. The number of halogens is 1. The number of imide groups is 1. The quantitative estimate of drug-likeness (QED) is 0.0202. The van der Waals surface area contributed by atoms with Crippen molar-refractivity contribution in [2.75, 3.05) is 39.5 Å². The van der Waals surface area contributed by atoms with Crippen LogP contribution in [0.1, 0.15) is 84.0 Å². The Morgan fingerprint density at radius 1 is 0.852 bits per heavy atom. The van der Waals surface area contributed by atoms with Gasteiger partial charge in [0.05, 0.1) is 61.2 Å². The third-order valence-corrected chi connectivity index (χ3v) is 15.1. The van der Waals surface area contributed by atoms with Gasteiger partial charge in [-0.15, -0.1) is 0 Å². The number of aromatic nitrogens is 2. The number of carbonyl (C=O) groups excluding carboxylic acids is 9. The molecule has 5 heterocycles. The van der Waals surface area contributed by atoms with Crippen molar-refractivity contribution >= 4 is 70.1 Å². The minimum Gasteiger partial charge on any atom is -0.480 e. The van der Waals surface area contributed by atoms with E-state index in [1.54, 1.807) is 50.2 Å². The Kier molecular flexibility index (Phi) is 16.8. The second kappa shape index (κ2) is 23.9. The van der Waals surface area contributed by atoms with Crippen LogP contribution in [0.15, 0.2) is 59.4 Å². The molecule has 5 aliphatic rings. The summed E-state index contributed by atoms with van der Waals surface area (Å²) in [6.45, 7) is -0.425. The van der Waals surface area contributed by atoms with E-state index in [2.05, 4.69) is 37.2 Å². The van der Waals surface area contributed by atoms with Crippen LogP contribution in [-0.2, 0) is 89.0 Å². The number of aliphatic hydroxyl groups is 1. The molecule has 26 heteroatoms. The molecule has 2 aromatic heterocycles. The Balaban J connectivity index is 0.811. The third-order valence-electron chi connectivity index (χ3n) is 15.1. The lowest BCUT2D eigenvalue weighted by Crippen LogP contribution is -2.56. The highest BCUT2D eigenvalue weighted by Crippen LogP contribution is 2.46. The van der Waals surface area contributed by atoms with E-state index in [1.165, 1.54) is 10.6 Å². The van der Waals surface area contributed by atoms with Crippen LogP contribution in [0.2, 0.25) is 0 Å². The van der Waals surface area contributed by atoms with Gasteiger partial charge in [0, 0.05) is 47.7 Å². The SMILES string of the molecule is CC[C@@]1(O)C(=O)OCc2c1cc1n(c2=O)Cc2c-1nc1cc(F)c(C)c3c1c2[C@H](NC(=O)[C@H](CC1CC1)OCNC(=O)CNC(=O)[C@H](Cc1ccccc1)NC(=O)CNC(=O)CNC(=O)[C@H](CNCC(=O)O)N1C(=O)C=CC1=O)CC3. The number of amides is 8. The summed E-state index contributed by atoms with van der Waals surface area (Å²) >= 11 is 0. The van der Waals surface area contributed by atoms with E-state index < -0.39 is 140 Å². The molecule has 81 heavy (non-hydrogen) atoms. The predicted octanol–water partition coefficient (Wildman–Crippen LogP) is -1.07. The normalized spacial score (nSPS) is 18.6. The van der Waals surface area contributed by atoms with Gasteiger partial charge in [0.15, 0.2) is 5.60 Å². The number of pyridine rings is 2. The number of cyclic esters (lactones) is 1. The van der Waals surface area contributed by atoms with Gasteiger partial charge in [-0.2, -0.15) is 0 Å². The third kappa shape index (κ3) is 12.2. The first-order valence-electron chi connectivity index (χ1n) is 26.4. The molecule has 0 saturated heterocycles. The number of hydrogen-bond donors (Lipinski definition) is 9. The summed E-state index contributed by atoms with van der Waals surface area (Å²) in [6, 6.07) is 8.07. The summed E-state index contributed by atoms with van der Waals surface area (Å²) < 4.78 is 28.3. The topological polar surface area (TPSA) is 352 Å². The van der Waals surface area contributed by atoms with Gasteiger partial charge in [-0.3, -0.25) is 52.8 Å². The average Bonchev–Trinajstić information content (AvgIpc) is 4.08. The van der Waals surface area contributed by atoms with E-state index >= 15 is 4.39 Å².